The highest BCUT2D eigenvalue weighted by Gasteiger charge is 2.07. The zero-order chi connectivity index (χ0) is 10.8. The summed E-state index contributed by atoms with van der Waals surface area (Å²) in [6.07, 6.45) is 2.11. The minimum absolute atomic E-state index is 0.0864. The SMILES string of the molecule is O=C(O)CCc1cc2ccoc2cc1Cl. The zero-order valence-corrected chi connectivity index (χ0v) is 8.62. The third-order valence-corrected chi connectivity index (χ3v) is 2.58. The van der Waals surface area contributed by atoms with Crippen molar-refractivity contribution >= 4 is 28.5 Å². The highest BCUT2D eigenvalue weighted by Crippen LogP contribution is 2.25. The fraction of sp³-hybridized carbons (Fsp3) is 0.182. The Hall–Kier alpha value is -1.48. The predicted molar refractivity (Wildman–Crippen MR) is 57.2 cm³/mol. The molecular formula is C11H9ClO3. The molecule has 0 saturated carbocycles. The van der Waals surface area contributed by atoms with Gasteiger partial charge in [-0.25, -0.2) is 0 Å². The maximum absolute atomic E-state index is 10.4. The summed E-state index contributed by atoms with van der Waals surface area (Å²) < 4.78 is 5.18. The Balaban J connectivity index is 2.33. The maximum atomic E-state index is 10.4. The molecule has 1 N–H and O–H groups in total. The van der Waals surface area contributed by atoms with E-state index in [4.69, 9.17) is 21.1 Å². The largest absolute Gasteiger partial charge is 0.481 e. The van der Waals surface area contributed by atoms with Gasteiger partial charge in [-0.1, -0.05) is 11.6 Å². The Morgan fingerprint density at radius 3 is 3.00 bits per heavy atom. The third kappa shape index (κ3) is 2.13. The first-order valence-electron chi connectivity index (χ1n) is 4.54. The van der Waals surface area contributed by atoms with Gasteiger partial charge in [0.1, 0.15) is 5.58 Å². The van der Waals surface area contributed by atoms with Crippen LogP contribution in [-0.4, -0.2) is 11.1 Å². The topological polar surface area (TPSA) is 50.4 Å². The van der Waals surface area contributed by atoms with Gasteiger partial charge in [-0.3, -0.25) is 4.79 Å². The molecule has 0 saturated heterocycles. The molecule has 0 radical (unpaired) electrons. The van der Waals surface area contributed by atoms with Crippen molar-refractivity contribution in [3.8, 4) is 0 Å². The summed E-state index contributed by atoms with van der Waals surface area (Å²) in [7, 11) is 0. The fourth-order valence-corrected chi connectivity index (χ4v) is 1.71. The van der Waals surface area contributed by atoms with Crippen molar-refractivity contribution in [3.05, 3.63) is 35.0 Å². The van der Waals surface area contributed by atoms with Crippen LogP contribution in [-0.2, 0) is 11.2 Å². The van der Waals surface area contributed by atoms with Crippen molar-refractivity contribution in [1.82, 2.24) is 0 Å². The van der Waals surface area contributed by atoms with Gasteiger partial charge in [0.2, 0.25) is 0 Å². The monoisotopic (exact) mass is 224 g/mol. The molecule has 4 heteroatoms. The summed E-state index contributed by atoms with van der Waals surface area (Å²) in [5.74, 6) is -0.821. The van der Waals surface area contributed by atoms with E-state index in [0.29, 0.717) is 11.4 Å². The lowest BCUT2D eigenvalue weighted by molar-refractivity contribution is -0.136. The van der Waals surface area contributed by atoms with E-state index in [1.54, 1.807) is 12.3 Å². The number of benzene rings is 1. The van der Waals surface area contributed by atoms with Crippen LogP contribution in [0.5, 0.6) is 0 Å². The van der Waals surface area contributed by atoms with E-state index in [0.717, 1.165) is 16.5 Å². The minimum atomic E-state index is -0.821. The van der Waals surface area contributed by atoms with E-state index in [9.17, 15) is 4.79 Å². The number of hydrogen-bond donors (Lipinski definition) is 1. The molecule has 3 nitrogen and oxygen atoms in total. The number of carbonyl (C=O) groups is 1. The Morgan fingerprint density at radius 1 is 1.47 bits per heavy atom. The van der Waals surface area contributed by atoms with Crippen molar-refractivity contribution in [2.24, 2.45) is 0 Å². The maximum Gasteiger partial charge on any atom is 0.303 e. The molecule has 2 aromatic rings. The average Bonchev–Trinajstić information content (AvgIpc) is 2.60. The van der Waals surface area contributed by atoms with Crippen molar-refractivity contribution < 1.29 is 14.3 Å². The van der Waals surface area contributed by atoms with Crippen LogP contribution >= 0.6 is 11.6 Å². The number of carboxylic acids is 1. The van der Waals surface area contributed by atoms with Gasteiger partial charge in [0, 0.05) is 22.9 Å². The van der Waals surface area contributed by atoms with Crippen molar-refractivity contribution in [1.29, 1.82) is 0 Å². The number of furan rings is 1. The Kier molecular flexibility index (Phi) is 2.64. The fourth-order valence-electron chi connectivity index (χ4n) is 1.47. The number of aryl methyl sites for hydroxylation is 1. The molecule has 0 fully saturated rings. The van der Waals surface area contributed by atoms with Crippen LogP contribution in [0.2, 0.25) is 5.02 Å². The predicted octanol–water partition coefficient (Wildman–Crippen LogP) is 3.10. The first-order chi connectivity index (χ1) is 7.16. The van der Waals surface area contributed by atoms with Gasteiger partial charge < -0.3 is 9.52 Å². The van der Waals surface area contributed by atoms with E-state index in [1.165, 1.54) is 0 Å². The second kappa shape index (κ2) is 3.95. The standard InChI is InChI=1S/C11H9ClO3/c12-9-6-10-8(3-4-15-10)5-7(9)1-2-11(13)14/h3-6H,1-2H2,(H,13,14). The summed E-state index contributed by atoms with van der Waals surface area (Å²) in [5.41, 5.74) is 1.56. The Bertz CT molecular complexity index is 502. The van der Waals surface area contributed by atoms with Crippen LogP contribution in [0.3, 0.4) is 0 Å². The van der Waals surface area contributed by atoms with Crippen LogP contribution in [0.1, 0.15) is 12.0 Å². The molecule has 78 valence electrons. The molecule has 0 atom stereocenters. The number of rotatable bonds is 3. The molecule has 0 aliphatic carbocycles. The van der Waals surface area contributed by atoms with Gasteiger partial charge in [-0.15, -0.1) is 0 Å². The van der Waals surface area contributed by atoms with E-state index in [2.05, 4.69) is 0 Å². The van der Waals surface area contributed by atoms with Gasteiger partial charge in [-0.05, 0) is 24.1 Å². The summed E-state index contributed by atoms with van der Waals surface area (Å²) in [5, 5.41) is 10.1. The lowest BCUT2D eigenvalue weighted by Gasteiger charge is -2.02. The molecule has 1 aromatic carbocycles. The van der Waals surface area contributed by atoms with Crippen LogP contribution < -0.4 is 0 Å². The smallest absolute Gasteiger partial charge is 0.303 e. The Morgan fingerprint density at radius 2 is 2.27 bits per heavy atom. The Labute approximate surface area is 91.3 Å². The molecule has 0 amide bonds. The summed E-state index contributed by atoms with van der Waals surface area (Å²) in [4.78, 5) is 10.4. The molecule has 1 heterocycles. The average molecular weight is 225 g/mol. The summed E-state index contributed by atoms with van der Waals surface area (Å²) in [6.45, 7) is 0. The highest BCUT2D eigenvalue weighted by molar-refractivity contribution is 6.32. The van der Waals surface area contributed by atoms with E-state index in [-0.39, 0.29) is 6.42 Å². The molecule has 0 aliphatic rings. The number of fused-ring (bicyclic) bond motifs is 1. The molecule has 0 aliphatic heterocycles. The van der Waals surface area contributed by atoms with Crippen LogP contribution in [0.15, 0.2) is 28.9 Å². The number of carboxylic acid groups (broad SMARTS) is 1. The van der Waals surface area contributed by atoms with Gasteiger partial charge in [0.25, 0.3) is 0 Å². The third-order valence-electron chi connectivity index (χ3n) is 2.23. The van der Waals surface area contributed by atoms with Crippen molar-refractivity contribution in [2.45, 2.75) is 12.8 Å². The van der Waals surface area contributed by atoms with Crippen molar-refractivity contribution in [2.75, 3.05) is 0 Å². The van der Waals surface area contributed by atoms with E-state index < -0.39 is 5.97 Å². The normalized spacial score (nSPS) is 10.7. The first-order valence-corrected chi connectivity index (χ1v) is 4.92. The summed E-state index contributed by atoms with van der Waals surface area (Å²) >= 11 is 5.99. The molecule has 0 unspecified atom stereocenters. The number of halogens is 1. The van der Waals surface area contributed by atoms with Gasteiger partial charge >= 0.3 is 5.97 Å². The molecule has 0 spiro atoms. The van der Waals surface area contributed by atoms with Crippen LogP contribution in [0.25, 0.3) is 11.0 Å². The quantitative estimate of drug-likeness (QED) is 0.872. The minimum Gasteiger partial charge on any atom is -0.481 e. The van der Waals surface area contributed by atoms with E-state index >= 15 is 0 Å². The first kappa shape index (κ1) is 10.1. The van der Waals surface area contributed by atoms with E-state index in [1.807, 2.05) is 12.1 Å². The van der Waals surface area contributed by atoms with Crippen LogP contribution in [0.4, 0.5) is 0 Å². The molecule has 0 bridgehead atoms. The van der Waals surface area contributed by atoms with Crippen LogP contribution in [0, 0.1) is 0 Å². The summed E-state index contributed by atoms with van der Waals surface area (Å²) in [6, 6.07) is 5.41. The molecule has 15 heavy (non-hydrogen) atoms. The lowest BCUT2D eigenvalue weighted by Crippen LogP contribution is -1.97. The molecule has 1 aromatic heterocycles. The van der Waals surface area contributed by atoms with Crippen molar-refractivity contribution in [3.63, 3.8) is 0 Å². The molecular weight excluding hydrogens is 216 g/mol. The highest BCUT2D eigenvalue weighted by atomic mass is 35.5. The number of aliphatic carboxylic acids is 1. The second-order valence-electron chi connectivity index (χ2n) is 3.30. The van der Waals surface area contributed by atoms with Gasteiger partial charge in [0.15, 0.2) is 0 Å². The zero-order valence-electron chi connectivity index (χ0n) is 7.87. The second-order valence-corrected chi connectivity index (χ2v) is 3.70. The number of hydrogen-bond acceptors (Lipinski definition) is 2. The van der Waals surface area contributed by atoms with Gasteiger partial charge in [0.05, 0.1) is 6.26 Å². The lowest BCUT2D eigenvalue weighted by atomic mass is 10.1. The molecule has 2 rings (SSSR count). The van der Waals surface area contributed by atoms with Gasteiger partial charge in [-0.2, -0.15) is 0 Å².